The quantitative estimate of drug-likeness (QED) is 0.246. The molecule has 0 aliphatic carbocycles. The molecule has 0 aromatic heterocycles. The molecule has 1 nitrogen and oxygen atoms in total. The highest BCUT2D eigenvalue weighted by atomic mass is 32.2. The van der Waals surface area contributed by atoms with E-state index in [1.165, 1.54) is 23.9 Å². The van der Waals surface area contributed by atoms with Crippen molar-refractivity contribution >= 4 is 22.4 Å². The van der Waals surface area contributed by atoms with E-state index in [9.17, 15) is 13.2 Å². The summed E-state index contributed by atoms with van der Waals surface area (Å²) in [6.07, 6.45) is -4.35. The van der Waals surface area contributed by atoms with Crippen LogP contribution in [-0.2, 0) is 6.18 Å². The molecule has 0 saturated carbocycles. The van der Waals surface area contributed by atoms with Crippen molar-refractivity contribution in [2.24, 2.45) is 0 Å². The van der Waals surface area contributed by atoms with E-state index < -0.39 is 11.7 Å². The van der Waals surface area contributed by atoms with Crippen molar-refractivity contribution in [1.82, 2.24) is 0 Å². The molecule has 4 aromatic carbocycles. The molecule has 4 rings (SSSR count). The molecule has 32 heavy (non-hydrogen) atoms. The number of hydrogen-bond donors (Lipinski definition) is 1. The van der Waals surface area contributed by atoms with Crippen LogP contribution < -0.4 is 5.73 Å². The van der Waals surface area contributed by atoms with Gasteiger partial charge in [0.25, 0.3) is 0 Å². The molecule has 0 aliphatic rings. The first-order valence-electron chi connectivity index (χ1n) is 9.91. The molecular weight excluding hydrogens is 427 g/mol. The number of anilines is 1. The SMILES string of the molecule is C=C(Sc1ccccc1N)c1ccc(-c2ccc(-c3cccc(C(F)(F)F)c3)cc2)cc1. The van der Waals surface area contributed by atoms with Gasteiger partial charge < -0.3 is 5.73 Å². The fraction of sp³-hybridized carbons (Fsp3) is 0.0370. The van der Waals surface area contributed by atoms with E-state index >= 15 is 0 Å². The lowest BCUT2D eigenvalue weighted by Crippen LogP contribution is -2.04. The Morgan fingerprint density at radius 3 is 1.84 bits per heavy atom. The lowest BCUT2D eigenvalue weighted by molar-refractivity contribution is -0.137. The fourth-order valence-corrected chi connectivity index (χ4v) is 4.20. The van der Waals surface area contributed by atoms with Gasteiger partial charge in [-0.2, -0.15) is 13.2 Å². The van der Waals surface area contributed by atoms with E-state index in [1.807, 2.05) is 72.8 Å². The normalized spacial score (nSPS) is 11.3. The Labute approximate surface area is 189 Å². The van der Waals surface area contributed by atoms with Crippen LogP contribution in [-0.4, -0.2) is 0 Å². The minimum Gasteiger partial charge on any atom is -0.398 e. The van der Waals surface area contributed by atoms with Crippen LogP contribution in [0.1, 0.15) is 11.1 Å². The van der Waals surface area contributed by atoms with Crippen molar-refractivity contribution in [2.45, 2.75) is 11.1 Å². The Balaban J connectivity index is 1.50. The average molecular weight is 448 g/mol. The number of rotatable bonds is 5. The van der Waals surface area contributed by atoms with Crippen molar-refractivity contribution in [1.29, 1.82) is 0 Å². The maximum absolute atomic E-state index is 13.0. The van der Waals surface area contributed by atoms with Crippen LogP contribution in [0.4, 0.5) is 18.9 Å². The van der Waals surface area contributed by atoms with Gasteiger partial charge in [-0.15, -0.1) is 0 Å². The van der Waals surface area contributed by atoms with Crippen molar-refractivity contribution in [3.05, 3.63) is 115 Å². The highest BCUT2D eigenvalue weighted by molar-refractivity contribution is 8.08. The molecule has 0 unspecified atom stereocenters. The first kappa shape index (κ1) is 21.8. The molecule has 0 amide bonds. The summed E-state index contributed by atoms with van der Waals surface area (Å²) in [4.78, 5) is 1.86. The molecule has 0 aliphatic heterocycles. The predicted molar refractivity (Wildman–Crippen MR) is 128 cm³/mol. The highest BCUT2D eigenvalue weighted by Crippen LogP contribution is 2.37. The zero-order chi connectivity index (χ0) is 22.7. The Bertz CT molecular complexity index is 1240. The number of thioether (sulfide) groups is 1. The molecular formula is C27H20F3NS. The predicted octanol–water partition coefficient (Wildman–Crippen LogP) is 8.38. The molecule has 0 bridgehead atoms. The minimum absolute atomic E-state index is 0.537. The molecule has 0 saturated heterocycles. The summed E-state index contributed by atoms with van der Waals surface area (Å²) >= 11 is 1.53. The van der Waals surface area contributed by atoms with Gasteiger partial charge in [-0.3, -0.25) is 0 Å². The standard InChI is InChI=1S/C27H20F3NS/c1-18(32-26-8-3-2-7-25(26)31)19-9-11-20(12-10-19)21-13-15-22(16-14-21)23-5-4-6-24(17-23)27(28,29)30/h2-17H,1,31H2. The molecule has 0 heterocycles. The molecule has 160 valence electrons. The molecule has 0 fully saturated rings. The Kier molecular flexibility index (Phi) is 6.10. The molecule has 0 atom stereocenters. The largest absolute Gasteiger partial charge is 0.416 e. The summed E-state index contributed by atoms with van der Waals surface area (Å²) < 4.78 is 39.0. The van der Waals surface area contributed by atoms with Crippen molar-refractivity contribution < 1.29 is 13.2 Å². The highest BCUT2D eigenvalue weighted by Gasteiger charge is 2.30. The molecule has 0 radical (unpaired) electrons. The first-order valence-corrected chi connectivity index (χ1v) is 10.7. The molecule has 2 N–H and O–H groups in total. The van der Waals surface area contributed by atoms with Gasteiger partial charge in [0.2, 0.25) is 0 Å². The average Bonchev–Trinajstić information content (AvgIpc) is 2.80. The van der Waals surface area contributed by atoms with Gasteiger partial charge in [0.1, 0.15) is 0 Å². The lowest BCUT2D eigenvalue weighted by atomic mass is 9.98. The number of alkyl halides is 3. The third kappa shape index (κ3) is 4.89. The van der Waals surface area contributed by atoms with Gasteiger partial charge in [0.05, 0.1) is 5.56 Å². The molecule has 0 spiro atoms. The van der Waals surface area contributed by atoms with Gasteiger partial charge in [0.15, 0.2) is 0 Å². The van der Waals surface area contributed by atoms with E-state index in [2.05, 4.69) is 6.58 Å². The van der Waals surface area contributed by atoms with Crippen molar-refractivity contribution in [2.75, 3.05) is 5.73 Å². The summed E-state index contributed by atoms with van der Waals surface area (Å²) in [5.74, 6) is 0. The minimum atomic E-state index is -4.35. The summed E-state index contributed by atoms with van der Waals surface area (Å²) in [7, 11) is 0. The van der Waals surface area contributed by atoms with Gasteiger partial charge in [-0.1, -0.05) is 91.1 Å². The van der Waals surface area contributed by atoms with Gasteiger partial charge >= 0.3 is 6.18 Å². The maximum Gasteiger partial charge on any atom is 0.416 e. The topological polar surface area (TPSA) is 26.0 Å². The van der Waals surface area contributed by atoms with Gasteiger partial charge in [-0.05, 0) is 52.1 Å². The van der Waals surface area contributed by atoms with Crippen molar-refractivity contribution in [3.8, 4) is 22.3 Å². The Morgan fingerprint density at radius 1 is 0.688 bits per heavy atom. The number of halogens is 3. The summed E-state index contributed by atoms with van der Waals surface area (Å²) in [5.41, 5.74) is 10.4. The number of para-hydroxylation sites is 1. The number of benzene rings is 4. The summed E-state index contributed by atoms with van der Waals surface area (Å²) in [5, 5.41) is 0. The molecule has 4 aromatic rings. The van der Waals surface area contributed by atoms with Crippen LogP contribution in [0.5, 0.6) is 0 Å². The van der Waals surface area contributed by atoms with E-state index in [1.54, 1.807) is 6.07 Å². The second-order valence-electron chi connectivity index (χ2n) is 7.30. The van der Waals surface area contributed by atoms with Gasteiger partial charge in [0, 0.05) is 15.5 Å². The third-order valence-electron chi connectivity index (χ3n) is 5.10. The second kappa shape index (κ2) is 8.97. The second-order valence-corrected chi connectivity index (χ2v) is 8.43. The zero-order valence-corrected chi connectivity index (χ0v) is 17.9. The third-order valence-corrected chi connectivity index (χ3v) is 6.17. The maximum atomic E-state index is 13.0. The first-order chi connectivity index (χ1) is 15.3. The summed E-state index contributed by atoms with van der Waals surface area (Å²) in [6.45, 7) is 4.16. The number of nitrogen functional groups attached to an aromatic ring is 1. The summed E-state index contributed by atoms with van der Waals surface area (Å²) in [6, 6.07) is 28.6. The van der Waals surface area contributed by atoms with Crippen LogP contribution in [0.2, 0.25) is 0 Å². The molecule has 5 heteroatoms. The van der Waals surface area contributed by atoms with E-state index in [0.717, 1.165) is 43.8 Å². The Morgan fingerprint density at radius 2 is 1.25 bits per heavy atom. The Hall–Kier alpha value is -3.44. The van der Waals surface area contributed by atoms with E-state index in [0.29, 0.717) is 5.56 Å². The number of hydrogen-bond acceptors (Lipinski definition) is 2. The lowest BCUT2D eigenvalue weighted by Gasteiger charge is -2.10. The smallest absolute Gasteiger partial charge is 0.398 e. The van der Waals surface area contributed by atoms with E-state index in [-0.39, 0.29) is 0 Å². The van der Waals surface area contributed by atoms with Crippen LogP contribution in [0.3, 0.4) is 0 Å². The van der Waals surface area contributed by atoms with Crippen molar-refractivity contribution in [3.63, 3.8) is 0 Å². The van der Waals surface area contributed by atoms with Crippen LogP contribution in [0.25, 0.3) is 27.2 Å². The van der Waals surface area contributed by atoms with Crippen LogP contribution >= 0.6 is 11.8 Å². The monoisotopic (exact) mass is 447 g/mol. The number of nitrogens with two attached hydrogens (primary N) is 1. The zero-order valence-electron chi connectivity index (χ0n) is 17.1. The van der Waals surface area contributed by atoms with Gasteiger partial charge in [-0.25, -0.2) is 0 Å². The van der Waals surface area contributed by atoms with Crippen LogP contribution in [0, 0.1) is 0 Å². The van der Waals surface area contributed by atoms with Crippen LogP contribution in [0.15, 0.2) is 109 Å². The van der Waals surface area contributed by atoms with E-state index in [4.69, 9.17) is 5.73 Å². The fourth-order valence-electron chi connectivity index (χ4n) is 3.34.